The van der Waals surface area contributed by atoms with Gasteiger partial charge in [-0.05, 0) is 50.1 Å². The van der Waals surface area contributed by atoms with Crippen LogP contribution >= 0.6 is 0 Å². The smallest absolute Gasteiger partial charge is 0.278 e. The van der Waals surface area contributed by atoms with Gasteiger partial charge in [-0.2, -0.15) is 5.10 Å². The van der Waals surface area contributed by atoms with E-state index in [0.29, 0.717) is 23.3 Å². The molecule has 1 amide bonds. The largest absolute Gasteiger partial charge is 0.315 e. The van der Waals surface area contributed by atoms with Crippen molar-refractivity contribution in [3.05, 3.63) is 41.9 Å². The number of amides is 1. The van der Waals surface area contributed by atoms with Crippen molar-refractivity contribution in [1.29, 1.82) is 0 Å². The van der Waals surface area contributed by atoms with Crippen molar-refractivity contribution >= 4 is 17.5 Å². The standard InChI is InChI=1S/C16H19N7O/c1-11-4-7-22-14(9-11)19-20-16(22)18-15(24)13-5-8-23(21-13)12-3-2-6-17-10-12/h4-5,7-9,12,17H,2-3,6,10H2,1H3,(H,18,20,24). The fourth-order valence-corrected chi connectivity index (χ4v) is 2.97. The number of aryl methyl sites for hydroxylation is 1. The van der Waals surface area contributed by atoms with E-state index in [2.05, 4.69) is 25.9 Å². The highest BCUT2D eigenvalue weighted by atomic mass is 16.2. The van der Waals surface area contributed by atoms with Crippen LogP contribution in [0.2, 0.25) is 0 Å². The van der Waals surface area contributed by atoms with Gasteiger partial charge in [0.2, 0.25) is 5.95 Å². The zero-order valence-electron chi connectivity index (χ0n) is 13.4. The van der Waals surface area contributed by atoms with Crippen LogP contribution in [0.15, 0.2) is 30.6 Å². The van der Waals surface area contributed by atoms with E-state index in [1.165, 1.54) is 0 Å². The number of nitrogens with one attached hydrogen (secondary N) is 2. The van der Waals surface area contributed by atoms with Gasteiger partial charge >= 0.3 is 0 Å². The van der Waals surface area contributed by atoms with E-state index < -0.39 is 0 Å². The first-order valence-corrected chi connectivity index (χ1v) is 8.09. The molecule has 8 nitrogen and oxygen atoms in total. The number of carbonyl (C=O) groups excluding carboxylic acids is 1. The molecule has 1 atom stereocenters. The Bertz CT molecular complexity index is 876. The van der Waals surface area contributed by atoms with Crippen molar-refractivity contribution in [3.8, 4) is 0 Å². The zero-order valence-corrected chi connectivity index (χ0v) is 13.4. The van der Waals surface area contributed by atoms with Crippen molar-refractivity contribution in [2.24, 2.45) is 0 Å². The summed E-state index contributed by atoms with van der Waals surface area (Å²) in [6.07, 6.45) is 5.89. The second-order valence-electron chi connectivity index (χ2n) is 6.09. The molecule has 1 fully saturated rings. The quantitative estimate of drug-likeness (QED) is 0.760. The van der Waals surface area contributed by atoms with E-state index in [1.807, 2.05) is 36.1 Å². The van der Waals surface area contributed by atoms with Gasteiger partial charge in [0.1, 0.15) is 0 Å². The van der Waals surface area contributed by atoms with Crippen LogP contribution in [0.5, 0.6) is 0 Å². The number of carbonyl (C=O) groups is 1. The van der Waals surface area contributed by atoms with Crippen molar-refractivity contribution in [1.82, 2.24) is 29.7 Å². The Morgan fingerprint density at radius 3 is 3.08 bits per heavy atom. The number of fused-ring (bicyclic) bond motifs is 1. The third-order valence-corrected chi connectivity index (χ3v) is 4.28. The molecule has 3 aromatic rings. The number of hydrogen-bond acceptors (Lipinski definition) is 5. The molecule has 1 saturated heterocycles. The van der Waals surface area contributed by atoms with Gasteiger partial charge < -0.3 is 5.32 Å². The lowest BCUT2D eigenvalue weighted by Crippen LogP contribution is -2.32. The van der Waals surface area contributed by atoms with Crippen LogP contribution in [0.25, 0.3) is 5.65 Å². The Morgan fingerprint density at radius 2 is 2.25 bits per heavy atom. The molecule has 1 unspecified atom stereocenters. The molecule has 8 heteroatoms. The number of aromatic nitrogens is 5. The summed E-state index contributed by atoms with van der Waals surface area (Å²) in [5, 5.41) is 18.6. The summed E-state index contributed by atoms with van der Waals surface area (Å²) in [7, 11) is 0. The molecule has 0 aliphatic carbocycles. The summed E-state index contributed by atoms with van der Waals surface area (Å²) in [5.41, 5.74) is 2.17. The molecule has 4 heterocycles. The molecule has 24 heavy (non-hydrogen) atoms. The number of rotatable bonds is 3. The molecule has 4 rings (SSSR count). The first-order chi connectivity index (χ1) is 11.7. The number of anilines is 1. The topological polar surface area (TPSA) is 89.1 Å². The minimum Gasteiger partial charge on any atom is -0.315 e. The SMILES string of the molecule is Cc1ccn2c(NC(=O)c3ccn(C4CCCNC4)n3)nnc2c1. The highest BCUT2D eigenvalue weighted by Crippen LogP contribution is 2.16. The molecule has 0 aromatic carbocycles. The lowest BCUT2D eigenvalue weighted by molar-refractivity contribution is 0.102. The number of piperidine rings is 1. The minimum atomic E-state index is -0.285. The van der Waals surface area contributed by atoms with E-state index in [4.69, 9.17) is 0 Å². The summed E-state index contributed by atoms with van der Waals surface area (Å²) in [6.45, 7) is 3.92. The average Bonchev–Trinajstić information content (AvgIpc) is 3.23. The molecule has 0 bridgehead atoms. The Labute approximate surface area is 138 Å². The first-order valence-electron chi connectivity index (χ1n) is 8.09. The van der Waals surface area contributed by atoms with Crippen LogP contribution in [0.3, 0.4) is 0 Å². The highest BCUT2D eigenvalue weighted by Gasteiger charge is 2.18. The number of hydrogen-bond donors (Lipinski definition) is 2. The van der Waals surface area contributed by atoms with Crippen LogP contribution in [0.1, 0.15) is 34.9 Å². The summed E-state index contributed by atoms with van der Waals surface area (Å²) in [5.74, 6) is 0.108. The van der Waals surface area contributed by atoms with Gasteiger partial charge in [-0.3, -0.25) is 19.2 Å². The third-order valence-electron chi connectivity index (χ3n) is 4.28. The summed E-state index contributed by atoms with van der Waals surface area (Å²) < 4.78 is 3.61. The second kappa shape index (κ2) is 6.04. The Kier molecular flexibility index (Phi) is 3.73. The molecule has 0 spiro atoms. The molecule has 124 valence electrons. The van der Waals surface area contributed by atoms with Crippen LogP contribution in [-0.4, -0.2) is 43.4 Å². The van der Waals surface area contributed by atoms with Crippen molar-refractivity contribution < 1.29 is 4.79 Å². The third kappa shape index (κ3) is 2.76. The maximum atomic E-state index is 12.4. The molecule has 0 saturated carbocycles. The molecule has 1 aliphatic rings. The normalized spacial score (nSPS) is 18.0. The maximum absolute atomic E-state index is 12.4. The molecule has 1 aliphatic heterocycles. The fraction of sp³-hybridized carbons (Fsp3) is 0.375. The van der Waals surface area contributed by atoms with E-state index in [9.17, 15) is 4.79 Å². The molecule has 0 radical (unpaired) electrons. The van der Waals surface area contributed by atoms with Crippen molar-refractivity contribution in [3.63, 3.8) is 0 Å². The van der Waals surface area contributed by atoms with Gasteiger partial charge in [-0.25, -0.2) is 0 Å². The Morgan fingerprint density at radius 1 is 1.33 bits per heavy atom. The van der Waals surface area contributed by atoms with Gasteiger partial charge in [-0.15, -0.1) is 10.2 Å². The van der Waals surface area contributed by atoms with Crippen molar-refractivity contribution in [2.75, 3.05) is 18.4 Å². The monoisotopic (exact) mass is 325 g/mol. The fourth-order valence-electron chi connectivity index (χ4n) is 2.97. The lowest BCUT2D eigenvalue weighted by atomic mass is 10.1. The van der Waals surface area contributed by atoms with Crippen LogP contribution < -0.4 is 10.6 Å². The van der Waals surface area contributed by atoms with Gasteiger partial charge in [0.05, 0.1) is 6.04 Å². The maximum Gasteiger partial charge on any atom is 0.278 e. The van der Waals surface area contributed by atoms with Gasteiger partial charge in [0, 0.05) is 18.9 Å². The van der Waals surface area contributed by atoms with Gasteiger partial charge in [-0.1, -0.05) is 0 Å². The van der Waals surface area contributed by atoms with Crippen LogP contribution in [0, 0.1) is 6.92 Å². The van der Waals surface area contributed by atoms with Crippen molar-refractivity contribution in [2.45, 2.75) is 25.8 Å². The van der Waals surface area contributed by atoms with E-state index in [1.54, 1.807) is 10.5 Å². The molecular weight excluding hydrogens is 306 g/mol. The lowest BCUT2D eigenvalue weighted by Gasteiger charge is -2.22. The second-order valence-corrected chi connectivity index (χ2v) is 6.09. The Hall–Kier alpha value is -2.74. The summed E-state index contributed by atoms with van der Waals surface area (Å²) in [6, 6.07) is 5.89. The summed E-state index contributed by atoms with van der Waals surface area (Å²) >= 11 is 0. The molecular formula is C16H19N7O. The Balaban J connectivity index is 1.52. The predicted molar refractivity (Wildman–Crippen MR) is 89.0 cm³/mol. The van der Waals surface area contributed by atoms with E-state index >= 15 is 0 Å². The molecule has 2 N–H and O–H groups in total. The van der Waals surface area contributed by atoms with E-state index in [-0.39, 0.29) is 5.91 Å². The minimum absolute atomic E-state index is 0.285. The number of pyridine rings is 1. The van der Waals surface area contributed by atoms with Gasteiger partial charge in [0.15, 0.2) is 11.3 Å². The zero-order chi connectivity index (χ0) is 16.5. The van der Waals surface area contributed by atoms with E-state index in [0.717, 1.165) is 31.5 Å². The van der Waals surface area contributed by atoms with Gasteiger partial charge in [0.25, 0.3) is 5.91 Å². The van der Waals surface area contributed by atoms with Crippen LogP contribution in [0.4, 0.5) is 5.95 Å². The predicted octanol–water partition coefficient (Wildman–Crippen LogP) is 1.41. The molecule has 3 aromatic heterocycles. The summed E-state index contributed by atoms with van der Waals surface area (Å²) in [4.78, 5) is 12.4. The average molecular weight is 325 g/mol. The number of nitrogens with zero attached hydrogens (tertiary/aromatic N) is 5. The highest BCUT2D eigenvalue weighted by molar-refractivity contribution is 6.01. The van der Waals surface area contributed by atoms with Crippen LogP contribution in [-0.2, 0) is 0 Å². The first kappa shape index (κ1) is 14.8.